The van der Waals surface area contributed by atoms with Gasteiger partial charge in [0.1, 0.15) is 0 Å². The van der Waals surface area contributed by atoms with E-state index in [1.807, 2.05) is 0 Å². The molecule has 5 aliphatic rings. The van der Waals surface area contributed by atoms with Crippen LogP contribution in [-0.2, 0) is 4.74 Å². The molecular formula is C12H19NO. The largest absolute Gasteiger partial charge is 0.374 e. The number of ether oxygens (including phenoxy) is 1. The zero-order chi connectivity index (χ0) is 9.17. The molecule has 3 aliphatic carbocycles. The highest BCUT2D eigenvalue weighted by atomic mass is 16.5. The van der Waals surface area contributed by atoms with Gasteiger partial charge in [-0.05, 0) is 44.4 Å². The molecule has 2 saturated heterocycles. The Bertz CT molecular complexity index is 259. The summed E-state index contributed by atoms with van der Waals surface area (Å²) in [7, 11) is 0. The molecule has 78 valence electrons. The van der Waals surface area contributed by atoms with Crippen molar-refractivity contribution in [1.29, 1.82) is 0 Å². The van der Waals surface area contributed by atoms with Gasteiger partial charge in [-0.1, -0.05) is 0 Å². The van der Waals surface area contributed by atoms with Gasteiger partial charge < -0.3 is 10.1 Å². The Hall–Kier alpha value is -0.0800. The molecule has 0 amide bonds. The fourth-order valence-electron chi connectivity index (χ4n) is 4.14. The standard InChI is InChI=1S/C12H19NO/c1-2-10(13-9-3-4-9)11-8-6-12(11,5-1)14-7-8/h8-11,13H,1-7H2. The van der Waals surface area contributed by atoms with Crippen molar-refractivity contribution in [2.75, 3.05) is 6.61 Å². The lowest BCUT2D eigenvalue weighted by Crippen LogP contribution is -2.60. The van der Waals surface area contributed by atoms with Crippen LogP contribution in [0.4, 0.5) is 0 Å². The smallest absolute Gasteiger partial charge is 0.0732 e. The Morgan fingerprint density at radius 3 is 2.93 bits per heavy atom. The molecule has 4 atom stereocenters. The summed E-state index contributed by atoms with van der Waals surface area (Å²) < 4.78 is 6.01. The number of rotatable bonds is 2. The Morgan fingerprint density at radius 1 is 1.21 bits per heavy atom. The van der Waals surface area contributed by atoms with E-state index in [1.54, 1.807) is 0 Å². The van der Waals surface area contributed by atoms with Crippen LogP contribution < -0.4 is 5.32 Å². The minimum atomic E-state index is 0.357. The first-order valence-electron chi connectivity index (χ1n) is 6.27. The van der Waals surface area contributed by atoms with Gasteiger partial charge in [0.15, 0.2) is 0 Å². The maximum absolute atomic E-state index is 6.01. The van der Waals surface area contributed by atoms with Crippen LogP contribution in [0.5, 0.6) is 0 Å². The van der Waals surface area contributed by atoms with Crippen molar-refractivity contribution in [3.63, 3.8) is 0 Å². The molecule has 5 rings (SSSR count). The molecule has 0 aromatic rings. The molecule has 0 radical (unpaired) electrons. The van der Waals surface area contributed by atoms with Crippen molar-refractivity contribution >= 4 is 0 Å². The lowest BCUT2D eigenvalue weighted by Gasteiger charge is -2.52. The summed E-state index contributed by atoms with van der Waals surface area (Å²) in [6.07, 6.45) is 8.34. The predicted molar refractivity (Wildman–Crippen MR) is 54.1 cm³/mol. The molecular weight excluding hydrogens is 174 g/mol. The van der Waals surface area contributed by atoms with E-state index < -0.39 is 0 Å². The highest BCUT2D eigenvalue weighted by molar-refractivity contribution is 5.15. The second-order valence-electron chi connectivity index (χ2n) is 5.81. The normalized spacial score (nSPS) is 55.3. The van der Waals surface area contributed by atoms with E-state index in [-0.39, 0.29) is 0 Å². The SMILES string of the molecule is C1CC(NC2CC2)C2C3COC2(C1)C3. The molecule has 3 saturated carbocycles. The van der Waals surface area contributed by atoms with E-state index in [0.29, 0.717) is 5.60 Å². The van der Waals surface area contributed by atoms with Gasteiger partial charge in [-0.2, -0.15) is 0 Å². The Kier molecular flexibility index (Phi) is 1.47. The maximum Gasteiger partial charge on any atom is 0.0732 e. The predicted octanol–water partition coefficient (Wildman–Crippen LogP) is 1.70. The minimum Gasteiger partial charge on any atom is -0.374 e. The number of nitrogens with one attached hydrogen (secondary N) is 1. The molecule has 0 aromatic carbocycles. The van der Waals surface area contributed by atoms with Crippen LogP contribution in [0.1, 0.15) is 38.5 Å². The van der Waals surface area contributed by atoms with Gasteiger partial charge in [0.25, 0.3) is 0 Å². The molecule has 1 N–H and O–H groups in total. The fraction of sp³-hybridized carbons (Fsp3) is 1.00. The molecule has 2 nitrogen and oxygen atoms in total. The molecule has 4 unspecified atom stereocenters. The van der Waals surface area contributed by atoms with Crippen molar-refractivity contribution in [2.24, 2.45) is 11.8 Å². The van der Waals surface area contributed by atoms with Gasteiger partial charge in [-0.15, -0.1) is 0 Å². The van der Waals surface area contributed by atoms with Crippen LogP contribution in [0.15, 0.2) is 0 Å². The number of hydrogen-bond donors (Lipinski definition) is 1. The van der Waals surface area contributed by atoms with Crippen molar-refractivity contribution in [3.8, 4) is 0 Å². The molecule has 5 fully saturated rings. The third-order valence-corrected chi connectivity index (χ3v) is 4.88. The second-order valence-corrected chi connectivity index (χ2v) is 5.81. The van der Waals surface area contributed by atoms with Crippen LogP contribution in [0.2, 0.25) is 0 Å². The van der Waals surface area contributed by atoms with Gasteiger partial charge in [0.2, 0.25) is 0 Å². The van der Waals surface area contributed by atoms with Crippen molar-refractivity contribution in [3.05, 3.63) is 0 Å². The third-order valence-electron chi connectivity index (χ3n) is 4.88. The van der Waals surface area contributed by atoms with E-state index in [4.69, 9.17) is 4.74 Å². The molecule has 14 heavy (non-hydrogen) atoms. The number of fused-ring (bicyclic) bond motifs is 1. The third kappa shape index (κ3) is 0.938. The monoisotopic (exact) mass is 193 g/mol. The van der Waals surface area contributed by atoms with E-state index in [1.165, 1.54) is 38.5 Å². The molecule has 2 heteroatoms. The van der Waals surface area contributed by atoms with Crippen LogP contribution in [0.3, 0.4) is 0 Å². The summed E-state index contributed by atoms with van der Waals surface area (Å²) in [4.78, 5) is 0. The zero-order valence-corrected chi connectivity index (χ0v) is 8.67. The fourth-order valence-corrected chi connectivity index (χ4v) is 4.14. The molecule has 2 aliphatic heterocycles. The Morgan fingerprint density at radius 2 is 2.14 bits per heavy atom. The quantitative estimate of drug-likeness (QED) is 0.720. The van der Waals surface area contributed by atoms with Gasteiger partial charge >= 0.3 is 0 Å². The summed E-state index contributed by atoms with van der Waals surface area (Å²) >= 11 is 0. The first kappa shape index (κ1) is 8.12. The summed E-state index contributed by atoms with van der Waals surface area (Å²) in [5.74, 6) is 1.79. The molecule has 2 bridgehead atoms. The average Bonchev–Trinajstić information content (AvgIpc) is 2.75. The lowest BCUT2D eigenvalue weighted by molar-refractivity contribution is -0.0930. The summed E-state index contributed by atoms with van der Waals surface area (Å²) in [5.41, 5.74) is 0.357. The van der Waals surface area contributed by atoms with Gasteiger partial charge in [-0.25, -0.2) is 0 Å². The lowest BCUT2D eigenvalue weighted by atomic mass is 9.56. The molecule has 1 spiro atoms. The first-order valence-corrected chi connectivity index (χ1v) is 6.27. The highest BCUT2D eigenvalue weighted by Gasteiger charge is 2.64. The van der Waals surface area contributed by atoms with Crippen LogP contribution >= 0.6 is 0 Å². The van der Waals surface area contributed by atoms with E-state index in [2.05, 4.69) is 5.32 Å². The zero-order valence-electron chi connectivity index (χ0n) is 8.67. The average molecular weight is 193 g/mol. The van der Waals surface area contributed by atoms with Gasteiger partial charge in [0, 0.05) is 18.0 Å². The first-order chi connectivity index (χ1) is 6.87. The van der Waals surface area contributed by atoms with Crippen molar-refractivity contribution in [2.45, 2.75) is 56.2 Å². The van der Waals surface area contributed by atoms with Crippen LogP contribution in [0, 0.1) is 11.8 Å². The maximum atomic E-state index is 6.01. The molecule has 0 aromatic heterocycles. The minimum absolute atomic E-state index is 0.357. The van der Waals surface area contributed by atoms with Crippen molar-refractivity contribution < 1.29 is 4.74 Å². The topological polar surface area (TPSA) is 21.3 Å². The number of hydrogen-bond acceptors (Lipinski definition) is 2. The van der Waals surface area contributed by atoms with E-state index in [0.717, 1.165) is 30.5 Å². The van der Waals surface area contributed by atoms with Crippen LogP contribution in [0.25, 0.3) is 0 Å². The highest BCUT2D eigenvalue weighted by Crippen LogP contribution is 2.60. The van der Waals surface area contributed by atoms with Gasteiger partial charge in [-0.3, -0.25) is 0 Å². The van der Waals surface area contributed by atoms with Crippen LogP contribution in [-0.4, -0.2) is 24.3 Å². The van der Waals surface area contributed by atoms with E-state index in [9.17, 15) is 0 Å². The molecule has 2 heterocycles. The Balaban J connectivity index is 1.55. The van der Waals surface area contributed by atoms with Gasteiger partial charge in [0.05, 0.1) is 12.2 Å². The second kappa shape index (κ2) is 2.53. The Labute approximate surface area is 85.4 Å². The summed E-state index contributed by atoms with van der Waals surface area (Å²) in [6, 6.07) is 1.67. The van der Waals surface area contributed by atoms with E-state index >= 15 is 0 Å². The summed E-state index contributed by atoms with van der Waals surface area (Å²) in [6.45, 7) is 1.06. The van der Waals surface area contributed by atoms with Crippen molar-refractivity contribution in [1.82, 2.24) is 5.32 Å². The summed E-state index contributed by atoms with van der Waals surface area (Å²) in [5, 5.41) is 3.84.